The third kappa shape index (κ3) is 68.4. The van der Waals surface area contributed by atoms with E-state index in [9.17, 15) is 59.4 Å². The number of aliphatic hydroxyl groups excluding tert-OH is 2. The number of unbranched alkanes of at least 4 members (excludes halogenated alkanes) is 40. The molecule has 5 aromatic rings. The Morgan fingerprint density at radius 2 is 0.489 bits per heavy atom. The molecule has 0 saturated heterocycles. The van der Waals surface area contributed by atoms with E-state index in [2.05, 4.69) is 60.4 Å². The van der Waals surface area contributed by atoms with E-state index in [1.807, 2.05) is 89.2 Å². The van der Waals surface area contributed by atoms with E-state index >= 15 is 0 Å². The van der Waals surface area contributed by atoms with E-state index in [1.165, 1.54) is 212 Å². The predicted molar refractivity (Wildman–Crippen MR) is 558 cm³/mol. The number of hydrogen-bond donors (Lipinski definition) is 11. The zero-order valence-electron chi connectivity index (χ0n) is 86.3. The minimum Gasteiger partial charge on any atom is -0.507 e. The van der Waals surface area contributed by atoms with E-state index in [0.717, 1.165) is 105 Å². The number of benzene rings is 5. The van der Waals surface area contributed by atoms with E-state index in [1.54, 1.807) is 36.4 Å². The third-order valence-electron chi connectivity index (χ3n) is 23.3. The van der Waals surface area contributed by atoms with E-state index < -0.39 is 48.5 Å². The van der Waals surface area contributed by atoms with Crippen LogP contribution in [0.4, 0.5) is 0 Å². The molecule has 0 spiro atoms. The fraction of sp³-hybridized carbons (Fsp3) is 0.634. The molecule has 27 heteroatoms. The highest BCUT2D eigenvalue weighted by Gasteiger charge is 2.19. The van der Waals surface area contributed by atoms with Crippen molar-refractivity contribution < 1.29 is 109 Å². The van der Waals surface area contributed by atoms with Crippen molar-refractivity contribution in [1.29, 1.82) is 0 Å². The van der Waals surface area contributed by atoms with Crippen molar-refractivity contribution in [1.82, 2.24) is 0 Å². The Balaban J connectivity index is 0.000000870. The number of phenolic OH excluding ortho intramolecular Hbond substituents is 5. The van der Waals surface area contributed by atoms with Crippen LogP contribution in [0.15, 0.2) is 117 Å². The Labute approximate surface area is 831 Å². The quantitative estimate of drug-likeness (QED) is 0.00745. The van der Waals surface area contributed by atoms with Crippen LogP contribution in [-0.2, 0) is 53.0 Å². The van der Waals surface area contributed by atoms with Gasteiger partial charge in [0.15, 0.2) is 0 Å². The van der Waals surface area contributed by atoms with Gasteiger partial charge in [-0.3, -0.25) is 14.4 Å². The molecule has 139 heavy (non-hydrogen) atoms. The second kappa shape index (κ2) is 84.5. The van der Waals surface area contributed by atoms with Gasteiger partial charge in [-0.25, -0.2) is 14.4 Å². The van der Waals surface area contributed by atoms with Crippen LogP contribution in [0.25, 0.3) is 0 Å². The Morgan fingerprint density at radius 3 is 0.734 bits per heavy atom. The van der Waals surface area contributed by atoms with Crippen LogP contribution in [0.1, 0.15) is 450 Å². The number of aliphatic carboxylic acids is 4. The molecule has 0 bridgehead atoms. The number of aliphatic hydroxyl groups is 2. The summed E-state index contributed by atoms with van der Waals surface area (Å²) >= 11 is 0. The molecule has 1 atom stereocenters. The van der Waals surface area contributed by atoms with Gasteiger partial charge in [-0.1, -0.05) is 375 Å². The number of phenols is 5. The summed E-state index contributed by atoms with van der Waals surface area (Å²) < 4.78 is 0. The third-order valence-corrected chi connectivity index (χ3v) is 23.3. The van der Waals surface area contributed by atoms with E-state index in [4.69, 9.17) is 49.7 Å². The number of nitrogens with zero attached hydrogens (tertiary/aromatic N) is 5. The molecule has 0 saturated carbocycles. The van der Waals surface area contributed by atoms with Crippen molar-refractivity contribution in [2.45, 2.75) is 435 Å². The van der Waals surface area contributed by atoms with Gasteiger partial charge >= 0.3 is 35.8 Å². The SMILES string of the molecule is CCCCCCCCCCC/C(=N\OC(=O)CCC(=O)O)c1cc(C)ccc1O.CCCCCCCCCCC/C(=N\OC(=O)CCCC(=O)O)c1cc(C)ccc1O.CCCCCCCCCCC/C(=N\OCC(=O)O)c1cc(C)ccc1O.CCCCCCCCCCC/C(=N\OCC(O)CO)c1cc(C)ccc1O.CCCCCCCCCCC/C(=N\OCCC(=O)O)c1cc(C)ccc1O. The molecule has 0 aromatic heterocycles. The predicted octanol–water partition coefficient (Wildman–Crippen LogP) is 27.8. The normalized spacial score (nSPS) is 11.8. The molecule has 0 aliphatic heterocycles. The summed E-state index contributed by atoms with van der Waals surface area (Å²) in [5.74, 6) is -4.53. The maximum Gasteiger partial charge on any atom is 0.344 e. The molecular weight excluding hydrogens is 1770 g/mol. The van der Waals surface area contributed by atoms with Crippen molar-refractivity contribution >= 4 is 64.4 Å². The van der Waals surface area contributed by atoms with Crippen LogP contribution in [-0.4, -0.2) is 153 Å². The van der Waals surface area contributed by atoms with Crippen molar-refractivity contribution in [2.75, 3.05) is 26.4 Å². The van der Waals surface area contributed by atoms with Gasteiger partial charge in [-0.2, -0.15) is 0 Å². The zero-order chi connectivity index (χ0) is 103. The lowest BCUT2D eigenvalue weighted by atomic mass is 10.00. The molecule has 11 N–H and O–H groups in total. The first kappa shape index (κ1) is 127. The fourth-order valence-corrected chi connectivity index (χ4v) is 15.1. The molecule has 27 nitrogen and oxygen atoms in total. The van der Waals surface area contributed by atoms with Gasteiger partial charge in [-0.15, -0.1) is 0 Å². The van der Waals surface area contributed by atoms with E-state index in [-0.39, 0.29) is 87.1 Å². The lowest BCUT2D eigenvalue weighted by Crippen LogP contribution is -2.18. The minimum absolute atomic E-state index is 0.000904. The molecule has 0 radical (unpaired) electrons. The number of carbonyl (C=O) groups excluding carboxylic acids is 2. The molecular formula is C112H177N5O22. The first-order valence-electron chi connectivity index (χ1n) is 52.3. The first-order chi connectivity index (χ1) is 67.0. The largest absolute Gasteiger partial charge is 0.507 e. The second-order valence-corrected chi connectivity index (χ2v) is 36.5. The number of oxime groups is 5. The number of carbonyl (C=O) groups is 6. The topological polar surface area (TPSA) is 433 Å². The average molecular weight is 1950 g/mol. The summed E-state index contributed by atoms with van der Waals surface area (Å²) in [6.45, 7) is 20.0. The number of aromatic hydroxyl groups is 5. The average Bonchev–Trinajstić information content (AvgIpc) is 0.866. The van der Waals surface area contributed by atoms with Crippen LogP contribution in [0, 0.1) is 34.6 Å². The highest BCUT2D eigenvalue weighted by molar-refractivity contribution is 6.05. The van der Waals surface area contributed by atoms with Gasteiger partial charge < -0.3 is 80.4 Å². The summed E-state index contributed by atoms with van der Waals surface area (Å²) in [5.41, 5.74) is 11.2. The summed E-state index contributed by atoms with van der Waals surface area (Å²) in [5, 5.41) is 124. The van der Waals surface area contributed by atoms with Crippen molar-refractivity contribution in [3.8, 4) is 28.7 Å². The van der Waals surface area contributed by atoms with Gasteiger partial charge in [0.1, 0.15) is 48.1 Å². The van der Waals surface area contributed by atoms with E-state index in [0.29, 0.717) is 88.5 Å². The molecule has 0 aliphatic carbocycles. The summed E-state index contributed by atoms with van der Waals surface area (Å²) in [7, 11) is 0. The highest BCUT2D eigenvalue weighted by Crippen LogP contribution is 2.30. The Hall–Kier alpha value is -10.4. The zero-order valence-corrected chi connectivity index (χ0v) is 86.3. The second-order valence-electron chi connectivity index (χ2n) is 36.5. The monoisotopic (exact) mass is 1940 g/mol. The number of carboxylic acid groups (broad SMARTS) is 4. The van der Waals surface area contributed by atoms with Crippen molar-refractivity contribution in [2.24, 2.45) is 25.8 Å². The van der Waals surface area contributed by atoms with Crippen molar-refractivity contribution in [3.05, 3.63) is 147 Å². The molecule has 1 unspecified atom stereocenters. The van der Waals surface area contributed by atoms with Gasteiger partial charge in [0.05, 0.1) is 54.4 Å². The Kier molecular flexibility index (Phi) is 76.9. The molecule has 0 fully saturated rings. The number of aryl methyl sites for hydroxylation is 5. The van der Waals surface area contributed by atoms with Crippen LogP contribution < -0.4 is 0 Å². The fourth-order valence-electron chi connectivity index (χ4n) is 15.1. The lowest BCUT2D eigenvalue weighted by Gasteiger charge is -2.11. The van der Waals surface area contributed by atoms with Gasteiger partial charge in [-0.05, 0) is 166 Å². The first-order valence-corrected chi connectivity index (χ1v) is 52.3. The molecule has 782 valence electrons. The molecule has 5 aromatic carbocycles. The lowest BCUT2D eigenvalue weighted by molar-refractivity contribution is -0.147. The standard InChI is InChI=1S/C24H37NO5.C23H35NO5.C22H37NO4.C22H35NO4.C21H33NO4/c1-3-4-5-6-7-8-9-10-11-13-21(20-18-19(2)16-17-22(20)26)25-30-24(29)15-12-14-23(27)28;1-3-4-5-6-7-8-9-10-11-12-20(19-17-18(2)13-14-21(19)25)24-29-23(28)16-15-22(26)27;1-3-4-5-6-7-8-9-10-11-12-21(23-27-17-19(25)16-24)20-15-18(2)13-14-22(20)26;1-3-4-5-6-7-8-9-10-11-12-20(23-27-16-15-22(25)26)19-17-18(2)13-14-21(19)24;1-3-4-5-6-7-8-9-10-11-12-19(22-26-16-21(24)25)18-15-17(2)13-14-20(18)23/h16-18,26H,3-15H2,1-2H3,(H,27,28);13-14,17,25H,3-12,15-16H2,1-2H3,(H,26,27);13-15,19,24-26H,3-12,16-17H2,1-2H3;13-14,17,24H,3-12,15-16H2,1-2H3,(H,25,26);13-15,23H,3-12,16H2,1-2H3,(H,24,25)/b25-21+;24-20+;23-21+;23-20+;22-19+. The molecule has 0 aliphatic rings. The summed E-state index contributed by atoms with van der Waals surface area (Å²) in [6.07, 6.45) is 56.8. The molecule has 0 amide bonds. The molecule has 5 rings (SSSR count). The maximum absolute atomic E-state index is 11.9. The molecule has 0 heterocycles. The minimum atomic E-state index is -1.07. The van der Waals surface area contributed by atoms with Gasteiger partial charge in [0, 0.05) is 40.7 Å². The van der Waals surface area contributed by atoms with Gasteiger partial charge in [0.2, 0.25) is 6.61 Å². The Morgan fingerprint density at radius 1 is 0.259 bits per heavy atom. The van der Waals surface area contributed by atoms with Crippen LogP contribution in [0.3, 0.4) is 0 Å². The summed E-state index contributed by atoms with van der Waals surface area (Å²) in [4.78, 5) is 91.1. The highest BCUT2D eigenvalue weighted by atomic mass is 16.7. The summed E-state index contributed by atoms with van der Waals surface area (Å²) in [6, 6.07) is 26.6. The van der Waals surface area contributed by atoms with Gasteiger partial charge in [0.25, 0.3) is 0 Å². The van der Waals surface area contributed by atoms with Crippen molar-refractivity contribution in [3.63, 3.8) is 0 Å². The number of hydrogen-bond acceptors (Lipinski definition) is 23. The number of carboxylic acids is 4. The van der Waals surface area contributed by atoms with Crippen LogP contribution in [0.5, 0.6) is 28.7 Å². The number of rotatable bonds is 75. The smallest absolute Gasteiger partial charge is 0.344 e. The van der Waals surface area contributed by atoms with Crippen LogP contribution in [0.2, 0.25) is 0 Å². The maximum atomic E-state index is 11.9. The Bertz CT molecular complexity index is 4290. The van der Waals surface area contributed by atoms with Crippen LogP contribution >= 0.6 is 0 Å².